The van der Waals surface area contributed by atoms with Crippen LogP contribution >= 0.6 is 0 Å². The highest BCUT2D eigenvalue weighted by atomic mass is 16.5. The number of unbranched alkanes of at least 4 members (excludes halogenated alkanes) is 14. The average Bonchev–Trinajstić information content (AvgIpc) is 3.38. The fraction of sp³-hybridized carbons (Fsp3) is 0.333. The molecule has 0 saturated carbocycles. The fourth-order valence-electron chi connectivity index (χ4n) is 7.66. The number of hydrogen-bond donors (Lipinski definition) is 0. The summed E-state index contributed by atoms with van der Waals surface area (Å²) in [5.74, 6) is 0.463. The maximum absolute atomic E-state index is 13.1. The molecule has 0 aromatic heterocycles. The van der Waals surface area contributed by atoms with Gasteiger partial charge in [0.1, 0.15) is 34.5 Å². The lowest BCUT2D eigenvalue weighted by molar-refractivity contribution is 0.0720. The van der Waals surface area contributed by atoms with Gasteiger partial charge in [-0.25, -0.2) is 19.2 Å². The van der Waals surface area contributed by atoms with Gasteiger partial charge in [0, 0.05) is 0 Å². The van der Waals surface area contributed by atoms with Gasteiger partial charge in [-0.15, -0.1) is 0 Å². The molecular formula is C60H66O10. The Labute approximate surface area is 413 Å². The summed E-state index contributed by atoms with van der Waals surface area (Å²) < 4.78 is 34.1. The predicted octanol–water partition coefficient (Wildman–Crippen LogP) is 15.3. The van der Waals surface area contributed by atoms with Crippen LogP contribution in [0.4, 0.5) is 0 Å². The van der Waals surface area contributed by atoms with Gasteiger partial charge in [0.05, 0.1) is 35.5 Å². The van der Waals surface area contributed by atoms with Crippen LogP contribution < -0.4 is 28.4 Å². The molecule has 10 nitrogen and oxygen atoms in total. The van der Waals surface area contributed by atoms with Crippen molar-refractivity contribution in [3.63, 3.8) is 0 Å². The van der Waals surface area contributed by atoms with Crippen LogP contribution in [0.5, 0.6) is 34.5 Å². The van der Waals surface area contributed by atoms with Crippen LogP contribution in [0.1, 0.15) is 158 Å². The van der Waals surface area contributed by atoms with Crippen molar-refractivity contribution >= 4 is 23.9 Å². The Morgan fingerprint density at radius 1 is 0.300 bits per heavy atom. The van der Waals surface area contributed by atoms with E-state index < -0.39 is 23.9 Å². The van der Waals surface area contributed by atoms with E-state index >= 15 is 0 Å². The molecule has 6 rings (SSSR count). The zero-order valence-electron chi connectivity index (χ0n) is 40.7. The van der Waals surface area contributed by atoms with E-state index in [2.05, 4.69) is 13.8 Å². The van der Waals surface area contributed by atoms with Gasteiger partial charge < -0.3 is 28.4 Å². The van der Waals surface area contributed by atoms with Crippen molar-refractivity contribution in [2.45, 2.75) is 117 Å². The van der Waals surface area contributed by atoms with Gasteiger partial charge >= 0.3 is 23.9 Å². The van der Waals surface area contributed by atoms with Crippen molar-refractivity contribution in [1.29, 1.82) is 0 Å². The van der Waals surface area contributed by atoms with Crippen LogP contribution in [-0.4, -0.2) is 37.1 Å². The Kier molecular flexibility index (Phi) is 21.6. The second-order valence-electron chi connectivity index (χ2n) is 17.4. The minimum absolute atomic E-state index is 0.279. The molecule has 0 saturated heterocycles. The highest BCUT2D eigenvalue weighted by Crippen LogP contribution is 2.28. The number of carbonyl (C=O) groups is 4. The lowest BCUT2D eigenvalue weighted by Crippen LogP contribution is -2.10. The molecule has 0 radical (unpaired) electrons. The smallest absolute Gasteiger partial charge is 0.343 e. The molecule has 0 aliphatic carbocycles. The number of rotatable bonds is 29. The second kappa shape index (κ2) is 29.0. The van der Waals surface area contributed by atoms with Crippen LogP contribution in [0.3, 0.4) is 0 Å². The topological polar surface area (TPSA) is 124 Å². The highest BCUT2D eigenvalue weighted by Gasteiger charge is 2.15. The summed E-state index contributed by atoms with van der Waals surface area (Å²) in [7, 11) is 0. The molecule has 10 heteroatoms. The molecule has 0 unspecified atom stereocenters. The van der Waals surface area contributed by atoms with Crippen LogP contribution in [-0.2, 0) is 0 Å². The Balaban J connectivity index is 0.895. The van der Waals surface area contributed by atoms with E-state index in [-0.39, 0.29) is 22.6 Å². The molecule has 0 aliphatic heterocycles. The largest absolute Gasteiger partial charge is 0.494 e. The predicted molar refractivity (Wildman–Crippen MR) is 274 cm³/mol. The average molecular weight is 947 g/mol. The minimum atomic E-state index is -0.578. The van der Waals surface area contributed by atoms with Crippen LogP contribution in [0, 0.1) is 0 Å². The molecule has 6 aromatic carbocycles. The molecule has 0 N–H and O–H groups in total. The SMILES string of the molecule is CCCCCCCCCCCCOc1ccc(C(=O)Oc2ccc(C(=O)Oc3cccc(-c4ccc(OC(=O)c5ccc(OC(=O)c6ccc(OCCCCCCCC)cc6)cc5)cc4)c3)cc2)cc1. The Morgan fingerprint density at radius 3 is 0.957 bits per heavy atom. The maximum atomic E-state index is 13.1. The van der Waals surface area contributed by atoms with E-state index in [1.54, 1.807) is 115 Å². The van der Waals surface area contributed by atoms with Gasteiger partial charge in [0.15, 0.2) is 0 Å². The zero-order valence-corrected chi connectivity index (χ0v) is 40.7. The molecule has 6 aromatic rings. The second-order valence-corrected chi connectivity index (χ2v) is 17.4. The first-order valence-electron chi connectivity index (χ1n) is 25.0. The Bertz CT molecular complexity index is 2510. The summed E-state index contributed by atoms with van der Waals surface area (Å²) in [5.41, 5.74) is 2.91. The van der Waals surface area contributed by atoms with Gasteiger partial charge in [-0.3, -0.25) is 0 Å². The Morgan fingerprint density at radius 2 is 0.600 bits per heavy atom. The normalized spacial score (nSPS) is 10.8. The zero-order chi connectivity index (χ0) is 49.2. The third kappa shape index (κ3) is 17.7. The minimum Gasteiger partial charge on any atom is -0.494 e. The van der Waals surface area contributed by atoms with E-state index in [0.29, 0.717) is 47.3 Å². The molecule has 0 fully saturated rings. The van der Waals surface area contributed by atoms with E-state index in [4.69, 9.17) is 28.4 Å². The van der Waals surface area contributed by atoms with Crippen LogP contribution in [0.15, 0.2) is 146 Å². The van der Waals surface area contributed by atoms with Crippen molar-refractivity contribution in [2.75, 3.05) is 13.2 Å². The van der Waals surface area contributed by atoms with Crippen molar-refractivity contribution in [3.05, 3.63) is 168 Å². The molecule has 0 atom stereocenters. The van der Waals surface area contributed by atoms with Gasteiger partial charge in [0.2, 0.25) is 0 Å². The first-order chi connectivity index (χ1) is 34.3. The maximum Gasteiger partial charge on any atom is 0.343 e. The van der Waals surface area contributed by atoms with E-state index in [1.807, 2.05) is 6.07 Å². The summed E-state index contributed by atoms with van der Waals surface area (Å²) in [5, 5.41) is 0. The Hall–Kier alpha value is -7.20. The number of esters is 4. The number of benzene rings is 6. The van der Waals surface area contributed by atoms with Crippen molar-refractivity contribution in [2.24, 2.45) is 0 Å². The molecule has 0 bridgehead atoms. The summed E-state index contributed by atoms with van der Waals surface area (Å²) in [6, 6.07) is 40.1. The molecule has 0 aliphatic rings. The fourth-order valence-corrected chi connectivity index (χ4v) is 7.66. The summed E-state index contributed by atoms with van der Waals surface area (Å²) in [6.07, 6.45) is 19.8. The van der Waals surface area contributed by atoms with E-state index in [9.17, 15) is 19.2 Å². The number of ether oxygens (including phenoxy) is 6. The van der Waals surface area contributed by atoms with Gasteiger partial charge in [-0.1, -0.05) is 128 Å². The van der Waals surface area contributed by atoms with Crippen LogP contribution in [0.25, 0.3) is 11.1 Å². The lowest BCUT2D eigenvalue weighted by atomic mass is 10.1. The first-order valence-corrected chi connectivity index (χ1v) is 25.0. The van der Waals surface area contributed by atoms with E-state index in [0.717, 1.165) is 36.8 Å². The molecule has 0 spiro atoms. The third-order valence-corrected chi connectivity index (χ3v) is 11.8. The third-order valence-electron chi connectivity index (χ3n) is 11.8. The monoisotopic (exact) mass is 946 g/mol. The summed E-state index contributed by atoms with van der Waals surface area (Å²) >= 11 is 0. The van der Waals surface area contributed by atoms with Crippen molar-refractivity contribution in [1.82, 2.24) is 0 Å². The number of hydrogen-bond acceptors (Lipinski definition) is 10. The van der Waals surface area contributed by atoms with E-state index in [1.165, 1.54) is 101 Å². The summed E-state index contributed by atoms with van der Waals surface area (Å²) in [6.45, 7) is 5.74. The molecular weight excluding hydrogens is 881 g/mol. The van der Waals surface area contributed by atoms with Crippen molar-refractivity contribution < 1.29 is 47.6 Å². The standard InChI is InChI=1S/C60H66O10/c1-3-5-7-9-11-12-13-14-16-18-43-66-52-34-26-47(27-35-52)58(62)69-55-40-30-49(31-41-55)60(64)70-56-21-19-20-50(44-56)45-22-36-53(37-23-45)67-59(63)48-28-38-54(39-29-48)68-57(61)46-24-32-51(33-25-46)65-42-17-15-10-8-6-4-2/h19-41,44H,3-18,42-43H2,1-2H3. The summed E-state index contributed by atoms with van der Waals surface area (Å²) in [4.78, 5) is 51.7. The quantitative estimate of drug-likeness (QED) is 0.0255. The van der Waals surface area contributed by atoms with Crippen LogP contribution in [0.2, 0.25) is 0 Å². The molecule has 70 heavy (non-hydrogen) atoms. The number of carbonyl (C=O) groups excluding carboxylic acids is 4. The highest BCUT2D eigenvalue weighted by molar-refractivity contribution is 5.94. The molecule has 0 heterocycles. The van der Waals surface area contributed by atoms with Crippen molar-refractivity contribution in [3.8, 4) is 45.6 Å². The van der Waals surface area contributed by atoms with Gasteiger partial charge in [-0.2, -0.15) is 0 Å². The van der Waals surface area contributed by atoms with Gasteiger partial charge in [0.25, 0.3) is 0 Å². The first kappa shape index (κ1) is 52.2. The molecule has 0 amide bonds. The lowest BCUT2D eigenvalue weighted by Gasteiger charge is -2.10. The molecule has 366 valence electrons. The van der Waals surface area contributed by atoms with Gasteiger partial charge in [-0.05, 0) is 145 Å².